The molecule has 1 fully saturated rings. The van der Waals surface area contributed by atoms with Gasteiger partial charge >= 0.3 is 6.09 Å². The largest absolute Gasteiger partial charge is 0.444 e. The van der Waals surface area contributed by atoms with Crippen LogP contribution in [0.15, 0.2) is 0 Å². The van der Waals surface area contributed by atoms with E-state index in [1.807, 2.05) is 41.5 Å². The van der Waals surface area contributed by atoms with Crippen molar-refractivity contribution in [3.05, 3.63) is 0 Å². The number of hydrogen-bond donors (Lipinski definition) is 3. The summed E-state index contributed by atoms with van der Waals surface area (Å²) in [6, 6.07) is -0.267. The molecule has 152 valence electrons. The van der Waals surface area contributed by atoms with Crippen LogP contribution in [0.25, 0.3) is 0 Å². The Morgan fingerprint density at radius 2 is 1.85 bits per heavy atom. The summed E-state index contributed by atoms with van der Waals surface area (Å²) in [5.41, 5.74) is -1.26. The first-order valence-corrected chi connectivity index (χ1v) is 9.99. The number of carbonyl (C=O) groups excluding carboxylic acids is 2. The van der Waals surface area contributed by atoms with Crippen molar-refractivity contribution in [2.24, 2.45) is 11.3 Å². The maximum atomic E-state index is 12.9. The van der Waals surface area contributed by atoms with Crippen LogP contribution in [0.1, 0.15) is 80.1 Å². The van der Waals surface area contributed by atoms with E-state index >= 15 is 0 Å². The minimum absolute atomic E-state index is 0.108. The molecule has 1 aliphatic carbocycles. The summed E-state index contributed by atoms with van der Waals surface area (Å²) in [4.78, 5) is 25.1. The van der Waals surface area contributed by atoms with E-state index in [9.17, 15) is 14.7 Å². The highest BCUT2D eigenvalue weighted by Crippen LogP contribution is 2.36. The third-order valence-electron chi connectivity index (χ3n) is 5.48. The third kappa shape index (κ3) is 6.45. The van der Waals surface area contributed by atoms with Crippen LogP contribution in [0, 0.1) is 11.3 Å². The fourth-order valence-electron chi connectivity index (χ4n) is 3.69. The van der Waals surface area contributed by atoms with Crippen molar-refractivity contribution in [1.82, 2.24) is 10.6 Å². The van der Waals surface area contributed by atoms with E-state index < -0.39 is 23.2 Å². The third-order valence-corrected chi connectivity index (χ3v) is 5.48. The number of hydrogen-bond acceptors (Lipinski definition) is 4. The minimum atomic E-state index is -0.692. The summed E-state index contributed by atoms with van der Waals surface area (Å²) < 4.78 is 5.35. The molecule has 0 aromatic carbocycles. The molecule has 0 unspecified atom stereocenters. The zero-order valence-corrected chi connectivity index (χ0v) is 17.4. The number of rotatable bonds is 7. The van der Waals surface area contributed by atoms with Gasteiger partial charge in [0.2, 0.25) is 5.91 Å². The first-order chi connectivity index (χ1) is 12.0. The van der Waals surface area contributed by atoms with Gasteiger partial charge in [0, 0.05) is 12.6 Å². The molecule has 0 saturated heterocycles. The first-order valence-electron chi connectivity index (χ1n) is 9.99. The summed E-state index contributed by atoms with van der Waals surface area (Å²) in [6.07, 6.45) is 4.12. The van der Waals surface area contributed by atoms with Gasteiger partial charge in [-0.3, -0.25) is 4.79 Å². The zero-order chi connectivity index (χ0) is 20.0. The topological polar surface area (TPSA) is 87.7 Å². The number of aliphatic hydroxyl groups excluding tert-OH is 1. The van der Waals surface area contributed by atoms with Crippen LogP contribution in [0.4, 0.5) is 4.79 Å². The van der Waals surface area contributed by atoms with E-state index in [2.05, 4.69) is 10.6 Å². The highest BCUT2D eigenvalue weighted by molar-refractivity contribution is 5.84. The van der Waals surface area contributed by atoms with Crippen LogP contribution < -0.4 is 10.6 Å². The zero-order valence-electron chi connectivity index (χ0n) is 17.4. The molecule has 0 spiro atoms. The van der Waals surface area contributed by atoms with Crippen molar-refractivity contribution in [1.29, 1.82) is 0 Å². The number of alkyl carbamates (subject to hydrolysis) is 1. The molecule has 2 amide bonds. The lowest BCUT2D eigenvalue weighted by Gasteiger charge is -2.40. The van der Waals surface area contributed by atoms with E-state index in [4.69, 9.17) is 4.74 Å². The molecule has 0 aromatic rings. The number of aliphatic hydroxyl groups is 1. The Kier molecular flexibility index (Phi) is 8.38. The van der Waals surface area contributed by atoms with Gasteiger partial charge in [0.05, 0.1) is 11.5 Å². The molecule has 6 nitrogen and oxygen atoms in total. The number of carbonyl (C=O) groups is 2. The van der Waals surface area contributed by atoms with E-state index in [0.717, 1.165) is 32.1 Å². The summed E-state index contributed by atoms with van der Waals surface area (Å²) in [5.74, 6) is 0.0772. The Balaban J connectivity index is 2.72. The summed E-state index contributed by atoms with van der Waals surface area (Å²) in [5, 5.41) is 16.1. The Hall–Kier alpha value is -1.30. The molecule has 1 aliphatic rings. The monoisotopic (exact) mass is 370 g/mol. The highest BCUT2D eigenvalue weighted by atomic mass is 16.6. The summed E-state index contributed by atoms with van der Waals surface area (Å²) >= 11 is 0. The minimum Gasteiger partial charge on any atom is -0.444 e. The molecular formula is C20H38N2O4. The Morgan fingerprint density at radius 1 is 1.23 bits per heavy atom. The molecule has 0 bridgehead atoms. The second kappa shape index (κ2) is 9.58. The van der Waals surface area contributed by atoms with Crippen molar-refractivity contribution >= 4 is 12.0 Å². The second-order valence-corrected chi connectivity index (χ2v) is 8.72. The van der Waals surface area contributed by atoms with Gasteiger partial charge in [0.15, 0.2) is 0 Å². The molecule has 1 rings (SSSR count). The van der Waals surface area contributed by atoms with E-state index in [0.29, 0.717) is 6.42 Å². The predicted molar refractivity (Wildman–Crippen MR) is 103 cm³/mol. The van der Waals surface area contributed by atoms with Gasteiger partial charge in [-0.2, -0.15) is 0 Å². The van der Waals surface area contributed by atoms with Crippen LogP contribution >= 0.6 is 0 Å². The summed E-state index contributed by atoms with van der Waals surface area (Å²) in [7, 11) is 0. The molecule has 3 N–H and O–H groups in total. The van der Waals surface area contributed by atoms with Crippen molar-refractivity contribution < 1.29 is 19.4 Å². The molecule has 26 heavy (non-hydrogen) atoms. The Labute approximate surface area is 158 Å². The SMILES string of the molecule is CCC(CC)[C@H](O)CNC(=O)[C@@]1(C)CCCC[C@@H]1NC(=O)OC(C)(C)C. The smallest absolute Gasteiger partial charge is 0.407 e. The molecule has 0 aliphatic heterocycles. The predicted octanol–water partition coefficient (Wildman–Crippen LogP) is 3.37. The molecule has 0 heterocycles. The fraction of sp³-hybridized carbons (Fsp3) is 0.900. The molecule has 3 atom stereocenters. The lowest BCUT2D eigenvalue weighted by molar-refractivity contribution is -0.134. The molecule has 6 heteroatoms. The quantitative estimate of drug-likeness (QED) is 0.641. The van der Waals surface area contributed by atoms with Gasteiger partial charge in [0.25, 0.3) is 0 Å². The lowest BCUT2D eigenvalue weighted by atomic mass is 9.71. The molecule has 0 radical (unpaired) electrons. The van der Waals surface area contributed by atoms with Gasteiger partial charge < -0.3 is 20.5 Å². The normalized spacial score (nSPS) is 24.8. The van der Waals surface area contributed by atoms with Crippen LogP contribution in [0.5, 0.6) is 0 Å². The molecule has 0 aromatic heterocycles. The number of nitrogens with one attached hydrogen (secondary N) is 2. The molecular weight excluding hydrogens is 332 g/mol. The standard InChI is InChI=1S/C20H38N2O4/c1-7-14(8-2)15(23)13-21-17(24)20(6)12-10-9-11-16(20)22-18(25)26-19(3,4)5/h14-16,23H,7-13H2,1-6H3,(H,21,24)(H,22,25)/t15-,16+,20+/m1/s1. The van der Waals surface area contributed by atoms with Crippen molar-refractivity contribution in [2.75, 3.05) is 6.54 Å². The van der Waals surface area contributed by atoms with Gasteiger partial charge in [-0.1, -0.05) is 39.5 Å². The fourth-order valence-corrected chi connectivity index (χ4v) is 3.69. The van der Waals surface area contributed by atoms with Crippen LogP contribution in [0.3, 0.4) is 0 Å². The first kappa shape index (κ1) is 22.7. The Bertz CT molecular complexity index is 471. The van der Waals surface area contributed by atoms with Crippen molar-refractivity contribution in [3.8, 4) is 0 Å². The van der Waals surface area contributed by atoms with Crippen LogP contribution in [-0.2, 0) is 9.53 Å². The average molecular weight is 371 g/mol. The Morgan fingerprint density at radius 3 is 2.38 bits per heavy atom. The maximum absolute atomic E-state index is 12.9. The van der Waals surface area contributed by atoms with Gasteiger partial charge in [-0.15, -0.1) is 0 Å². The lowest BCUT2D eigenvalue weighted by Crippen LogP contribution is -2.57. The number of amides is 2. The van der Waals surface area contributed by atoms with Crippen molar-refractivity contribution in [2.45, 2.75) is 97.8 Å². The average Bonchev–Trinajstić information content (AvgIpc) is 2.54. The highest BCUT2D eigenvalue weighted by Gasteiger charge is 2.44. The summed E-state index contributed by atoms with van der Waals surface area (Å²) in [6.45, 7) is 11.7. The van der Waals surface area contributed by atoms with Gasteiger partial charge in [-0.05, 0) is 46.5 Å². The maximum Gasteiger partial charge on any atom is 0.407 e. The van der Waals surface area contributed by atoms with Gasteiger partial charge in [-0.25, -0.2) is 4.79 Å². The van der Waals surface area contributed by atoms with E-state index in [1.54, 1.807) is 0 Å². The van der Waals surface area contributed by atoms with Crippen molar-refractivity contribution in [3.63, 3.8) is 0 Å². The second-order valence-electron chi connectivity index (χ2n) is 8.72. The van der Waals surface area contributed by atoms with E-state index in [-0.39, 0.29) is 24.4 Å². The van der Waals surface area contributed by atoms with E-state index in [1.165, 1.54) is 0 Å². The number of ether oxygens (including phenoxy) is 1. The van der Waals surface area contributed by atoms with Crippen LogP contribution in [-0.4, -0.2) is 41.4 Å². The van der Waals surface area contributed by atoms with Gasteiger partial charge in [0.1, 0.15) is 5.60 Å². The molecule has 1 saturated carbocycles. The van der Waals surface area contributed by atoms with Crippen LogP contribution in [0.2, 0.25) is 0 Å².